The van der Waals surface area contributed by atoms with E-state index in [1.54, 1.807) is 20.8 Å². The summed E-state index contributed by atoms with van der Waals surface area (Å²) >= 11 is 5.89. The van der Waals surface area contributed by atoms with E-state index in [0.29, 0.717) is 0 Å². The van der Waals surface area contributed by atoms with Crippen LogP contribution in [-0.2, 0) is 18.9 Å². The first-order valence-electron chi connectivity index (χ1n) is 7.38. The smallest absolute Gasteiger partial charge is 0.431 e. The van der Waals surface area contributed by atoms with Gasteiger partial charge < -0.3 is 18.9 Å². The number of carbonyl (C=O) groups excluding carboxylic acids is 2. The van der Waals surface area contributed by atoms with Gasteiger partial charge in [0.2, 0.25) is 5.56 Å². The van der Waals surface area contributed by atoms with Gasteiger partial charge in [0.05, 0.1) is 0 Å². The van der Waals surface area contributed by atoms with Crippen LogP contribution in [0.1, 0.15) is 46.5 Å². The van der Waals surface area contributed by atoms with Crippen molar-refractivity contribution < 1.29 is 28.5 Å². The zero-order chi connectivity index (χ0) is 17.6. The van der Waals surface area contributed by atoms with E-state index in [9.17, 15) is 9.59 Å². The second kappa shape index (κ2) is 8.24. The van der Waals surface area contributed by atoms with Gasteiger partial charge in [0.1, 0.15) is 17.5 Å². The molecule has 7 heteroatoms. The van der Waals surface area contributed by atoms with Crippen molar-refractivity contribution in [3.05, 3.63) is 24.5 Å². The normalized spacial score (nSPS) is 16.3. The summed E-state index contributed by atoms with van der Waals surface area (Å²) < 4.78 is 19.8. The zero-order valence-electron chi connectivity index (χ0n) is 13.7. The van der Waals surface area contributed by atoms with Crippen molar-refractivity contribution in [3.8, 4) is 0 Å². The number of hydrogen-bond acceptors (Lipinski definition) is 6. The highest BCUT2D eigenvalue weighted by Crippen LogP contribution is 2.24. The van der Waals surface area contributed by atoms with Crippen molar-refractivity contribution in [3.63, 3.8) is 0 Å². The zero-order valence-corrected chi connectivity index (χ0v) is 14.5. The molecule has 0 bridgehead atoms. The highest BCUT2D eigenvalue weighted by Gasteiger charge is 2.25. The van der Waals surface area contributed by atoms with Gasteiger partial charge in [-0.2, -0.15) is 0 Å². The molecule has 1 rings (SSSR count). The van der Waals surface area contributed by atoms with E-state index in [1.807, 2.05) is 0 Å². The number of hydrogen-bond donors (Lipinski definition) is 0. The van der Waals surface area contributed by atoms with Crippen LogP contribution in [0.15, 0.2) is 24.5 Å². The van der Waals surface area contributed by atoms with Crippen molar-refractivity contribution >= 4 is 23.9 Å². The Labute approximate surface area is 141 Å². The molecule has 0 saturated heterocycles. The Bertz CT molecular complexity index is 473. The molecule has 0 amide bonds. The van der Waals surface area contributed by atoms with Crippen molar-refractivity contribution in [1.82, 2.24) is 0 Å². The lowest BCUT2D eigenvalue weighted by Crippen LogP contribution is -2.27. The molecular weight excluding hydrogens is 324 g/mol. The summed E-state index contributed by atoms with van der Waals surface area (Å²) in [5.74, 6) is -0.128. The van der Waals surface area contributed by atoms with Crippen LogP contribution in [0.3, 0.4) is 0 Å². The molecule has 1 aliphatic carbocycles. The van der Waals surface area contributed by atoms with Crippen molar-refractivity contribution in [1.29, 1.82) is 0 Å². The molecule has 130 valence electrons. The number of rotatable bonds is 5. The van der Waals surface area contributed by atoms with Gasteiger partial charge in [-0.05, 0) is 46.5 Å². The minimum absolute atomic E-state index is 0.0286. The van der Waals surface area contributed by atoms with Gasteiger partial charge in [-0.1, -0.05) is 24.8 Å². The minimum atomic E-state index is -1.27. The minimum Gasteiger partial charge on any atom is -0.431 e. The molecule has 0 spiro atoms. The van der Waals surface area contributed by atoms with Crippen LogP contribution < -0.4 is 0 Å². The first-order valence-corrected chi connectivity index (χ1v) is 7.82. The van der Waals surface area contributed by atoms with Gasteiger partial charge in [0.15, 0.2) is 0 Å². The first kappa shape index (κ1) is 19.4. The van der Waals surface area contributed by atoms with E-state index in [2.05, 4.69) is 13.2 Å². The maximum Gasteiger partial charge on any atom is 0.514 e. The number of halogens is 1. The second-order valence-electron chi connectivity index (χ2n) is 6.22. The molecule has 6 nitrogen and oxygen atoms in total. The lowest BCUT2D eigenvalue weighted by molar-refractivity contribution is -0.00918. The molecular formula is C16H23ClO6. The third-order valence-electron chi connectivity index (χ3n) is 2.99. The summed E-state index contributed by atoms with van der Waals surface area (Å²) in [6.07, 6.45) is 1.74. The molecule has 1 aliphatic rings. The fourth-order valence-corrected chi connectivity index (χ4v) is 2.08. The van der Waals surface area contributed by atoms with Gasteiger partial charge in [0, 0.05) is 5.57 Å². The number of alkyl halides is 1. The molecule has 0 aromatic rings. The van der Waals surface area contributed by atoms with Gasteiger partial charge in [-0.15, -0.1) is 0 Å². The SMILES string of the molecule is C=C(OC(=O)OC1CCCC1)C(=C)C(Cl)OC(=O)OC(C)(C)C. The van der Waals surface area contributed by atoms with Crippen LogP contribution in [0.5, 0.6) is 0 Å². The Hall–Kier alpha value is -1.69. The van der Waals surface area contributed by atoms with E-state index in [0.717, 1.165) is 25.7 Å². The molecule has 1 atom stereocenters. The lowest BCUT2D eigenvalue weighted by atomic mass is 10.2. The van der Waals surface area contributed by atoms with Gasteiger partial charge >= 0.3 is 12.3 Å². The van der Waals surface area contributed by atoms with E-state index in [4.69, 9.17) is 30.5 Å². The third-order valence-corrected chi connectivity index (χ3v) is 3.35. The summed E-state index contributed by atoms with van der Waals surface area (Å²) in [6.45, 7) is 12.2. The molecule has 0 N–H and O–H groups in total. The standard InChI is InChI=1S/C16H23ClO6/c1-10(13(17)22-15(19)23-16(3,4)5)11(2)20-14(18)21-12-8-6-7-9-12/h12-13H,1-2,6-9H2,3-5H3. The quantitative estimate of drug-likeness (QED) is 0.312. The summed E-state index contributed by atoms with van der Waals surface area (Å²) in [5, 5.41) is 0. The predicted molar refractivity (Wildman–Crippen MR) is 85.1 cm³/mol. The Morgan fingerprint density at radius 1 is 1.13 bits per heavy atom. The second-order valence-corrected chi connectivity index (χ2v) is 6.62. The Balaban J connectivity index is 2.40. The van der Waals surface area contributed by atoms with E-state index < -0.39 is 23.5 Å². The van der Waals surface area contributed by atoms with Crippen LogP contribution in [0.25, 0.3) is 0 Å². The molecule has 23 heavy (non-hydrogen) atoms. The third kappa shape index (κ3) is 7.41. The predicted octanol–water partition coefficient (Wildman–Crippen LogP) is 4.67. The van der Waals surface area contributed by atoms with Crippen LogP contribution in [0, 0.1) is 0 Å². The summed E-state index contributed by atoms with van der Waals surface area (Å²) in [6, 6.07) is 0. The monoisotopic (exact) mass is 346 g/mol. The Morgan fingerprint density at radius 3 is 2.22 bits per heavy atom. The Kier molecular flexibility index (Phi) is 6.94. The molecule has 0 heterocycles. The van der Waals surface area contributed by atoms with Crippen molar-refractivity contribution in [2.24, 2.45) is 0 Å². The lowest BCUT2D eigenvalue weighted by Gasteiger charge is -2.21. The fourth-order valence-electron chi connectivity index (χ4n) is 1.89. The molecule has 1 saturated carbocycles. The fraction of sp³-hybridized carbons (Fsp3) is 0.625. The van der Waals surface area contributed by atoms with Gasteiger partial charge in [-0.25, -0.2) is 9.59 Å². The molecule has 1 fully saturated rings. The van der Waals surface area contributed by atoms with Crippen molar-refractivity contribution in [2.45, 2.75) is 63.7 Å². The van der Waals surface area contributed by atoms with Gasteiger partial charge in [0.25, 0.3) is 0 Å². The average molecular weight is 347 g/mol. The summed E-state index contributed by atoms with van der Waals surface area (Å²) in [4.78, 5) is 23.1. The van der Waals surface area contributed by atoms with Crippen LogP contribution in [0.2, 0.25) is 0 Å². The summed E-state index contributed by atoms with van der Waals surface area (Å²) in [5.41, 5.74) is -1.95. The molecule has 1 unspecified atom stereocenters. The molecule has 0 aromatic heterocycles. The highest BCUT2D eigenvalue weighted by atomic mass is 35.5. The first-order chi connectivity index (χ1) is 10.6. The van der Waals surface area contributed by atoms with E-state index >= 15 is 0 Å². The maximum absolute atomic E-state index is 11.6. The van der Waals surface area contributed by atoms with Crippen LogP contribution in [-0.4, -0.2) is 29.6 Å². The maximum atomic E-state index is 11.6. The van der Waals surface area contributed by atoms with Gasteiger partial charge in [-0.3, -0.25) is 0 Å². The van der Waals surface area contributed by atoms with E-state index in [-0.39, 0.29) is 17.4 Å². The van der Waals surface area contributed by atoms with Crippen LogP contribution >= 0.6 is 11.6 Å². The largest absolute Gasteiger partial charge is 0.514 e. The van der Waals surface area contributed by atoms with Crippen molar-refractivity contribution in [2.75, 3.05) is 0 Å². The highest BCUT2D eigenvalue weighted by molar-refractivity contribution is 6.22. The molecule has 0 aliphatic heterocycles. The Morgan fingerprint density at radius 2 is 1.70 bits per heavy atom. The number of ether oxygens (including phenoxy) is 4. The van der Waals surface area contributed by atoms with E-state index in [1.165, 1.54) is 0 Å². The molecule has 0 radical (unpaired) electrons. The molecule has 0 aromatic carbocycles. The van der Waals surface area contributed by atoms with Crippen LogP contribution in [0.4, 0.5) is 9.59 Å². The summed E-state index contributed by atoms with van der Waals surface area (Å²) in [7, 11) is 0. The topological polar surface area (TPSA) is 71.1 Å². The number of carbonyl (C=O) groups is 2. The average Bonchev–Trinajstić information content (AvgIpc) is 2.87.